The van der Waals surface area contributed by atoms with Crippen molar-refractivity contribution in [3.63, 3.8) is 0 Å². The van der Waals surface area contributed by atoms with Gasteiger partial charge in [-0.3, -0.25) is 4.79 Å². The van der Waals surface area contributed by atoms with Crippen LogP contribution in [0.3, 0.4) is 0 Å². The Labute approximate surface area is 143 Å². The third-order valence-electron chi connectivity index (χ3n) is 3.95. The molecule has 1 saturated heterocycles. The van der Waals surface area contributed by atoms with Gasteiger partial charge in [0, 0.05) is 25.8 Å². The molecule has 0 atom stereocenters. The summed E-state index contributed by atoms with van der Waals surface area (Å²) in [6.07, 6.45) is 4.05. The Balaban J connectivity index is 1.63. The first kappa shape index (κ1) is 16.6. The van der Waals surface area contributed by atoms with E-state index in [1.807, 2.05) is 12.1 Å². The van der Waals surface area contributed by atoms with Crippen molar-refractivity contribution in [2.45, 2.75) is 19.4 Å². The number of pyridine rings is 1. The number of nitrogens with zero attached hydrogens (tertiary/aromatic N) is 2. The van der Waals surface area contributed by atoms with Crippen LogP contribution in [0.2, 0.25) is 5.02 Å². The Hall–Kier alpha value is -2.21. The molecule has 24 heavy (non-hydrogen) atoms. The molecule has 126 valence electrons. The van der Waals surface area contributed by atoms with E-state index in [0.29, 0.717) is 0 Å². The number of benzene rings is 1. The third-order valence-corrected chi connectivity index (χ3v) is 4.26. The van der Waals surface area contributed by atoms with Crippen LogP contribution in [-0.2, 0) is 6.54 Å². The molecule has 4 nitrogen and oxygen atoms in total. The van der Waals surface area contributed by atoms with Crippen molar-refractivity contribution in [1.29, 1.82) is 0 Å². The van der Waals surface area contributed by atoms with Gasteiger partial charge in [0.25, 0.3) is 5.91 Å². The van der Waals surface area contributed by atoms with E-state index < -0.39 is 17.5 Å². The number of carbonyl (C=O) groups excluding carboxylic acids is 1. The zero-order valence-electron chi connectivity index (χ0n) is 12.9. The highest BCUT2D eigenvalue weighted by Crippen LogP contribution is 2.20. The first-order chi connectivity index (χ1) is 11.5. The minimum Gasteiger partial charge on any atom is -0.357 e. The number of halogens is 3. The molecule has 1 N–H and O–H groups in total. The molecule has 0 aliphatic carbocycles. The van der Waals surface area contributed by atoms with Crippen LogP contribution in [0.25, 0.3) is 0 Å². The second-order valence-corrected chi connectivity index (χ2v) is 6.05. The second-order valence-electron chi connectivity index (χ2n) is 5.65. The summed E-state index contributed by atoms with van der Waals surface area (Å²) in [4.78, 5) is 18.7. The van der Waals surface area contributed by atoms with Gasteiger partial charge in [0.2, 0.25) is 0 Å². The van der Waals surface area contributed by atoms with E-state index in [1.54, 1.807) is 6.20 Å². The second kappa shape index (κ2) is 7.13. The van der Waals surface area contributed by atoms with Gasteiger partial charge in [-0.25, -0.2) is 13.8 Å². The van der Waals surface area contributed by atoms with Gasteiger partial charge in [-0.1, -0.05) is 17.7 Å². The standard InChI is InChI=1S/C17H16ClF2N3O/c18-13-8-15(20)14(19)7-12(13)17(24)22-10-11-3-4-16(21-9-11)23-5-1-2-6-23/h3-4,7-9H,1-2,5-6,10H2,(H,22,24). The number of hydrogen-bond acceptors (Lipinski definition) is 3. The van der Waals surface area contributed by atoms with Gasteiger partial charge < -0.3 is 10.2 Å². The molecule has 1 aliphatic heterocycles. The average molecular weight is 352 g/mol. The van der Waals surface area contributed by atoms with E-state index in [0.717, 1.165) is 36.6 Å². The van der Waals surface area contributed by atoms with Gasteiger partial charge in [0.15, 0.2) is 11.6 Å². The van der Waals surface area contributed by atoms with E-state index in [9.17, 15) is 13.6 Å². The fraction of sp³-hybridized carbons (Fsp3) is 0.294. The first-order valence-corrected chi connectivity index (χ1v) is 8.05. The van der Waals surface area contributed by atoms with Crippen molar-refractivity contribution in [1.82, 2.24) is 10.3 Å². The predicted molar refractivity (Wildman–Crippen MR) is 88.2 cm³/mol. The van der Waals surface area contributed by atoms with E-state index in [1.165, 1.54) is 12.8 Å². The van der Waals surface area contributed by atoms with Crippen molar-refractivity contribution < 1.29 is 13.6 Å². The number of nitrogens with one attached hydrogen (secondary N) is 1. The number of carbonyl (C=O) groups is 1. The Bertz CT molecular complexity index is 746. The number of amides is 1. The van der Waals surface area contributed by atoms with E-state index in [4.69, 9.17) is 11.6 Å². The van der Waals surface area contributed by atoms with Gasteiger partial charge in [0.05, 0.1) is 10.6 Å². The topological polar surface area (TPSA) is 45.2 Å². The van der Waals surface area contributed by atoms with E-state index in [2.05, 4.69) is 15.2 Å². The Morgan fingerprint density at radius 2 is 1.92 bits per heavy atom. The molecule has 1 fully saturated rings. The van der Waals surface area contributed by atoms with Crippen LogP contribution in [0, 0.1) is 11.6 Å². The molecular formula is C17H16ClF2N3O. The molecule has 2 heterocycles. The summed E-state index contributed by atoms with van der Waals surface area (Å²) in [6.45, 7) is 2.25. The molecule has 1 aliphatic rings. The van der Waals surface area contributed by atoms with Gasteiger partial charge in [-0.15, -0.1) is 0 Å². The summed E-state index contributed by atoms with van der Waals surface area (Å²) in [5.41, 5.74) is 0.710. The maximum absolute atomic E-state index is 13.2. The van der Waals surface area contributed by atoms with Gasteiger partial charge in [-0.2, -0.15) is 0 Å². The molecule has 3 rings (SSSR count). The Morgan fingerprint density at radius 3 is 2.58 bits per heavy atom. The van der Waals surface area contributed by atoms with Crippen LogP contribution in [0.1, 0.15) is 28.8 Å². The SMILES string of the molecule is O=C(NCc1ccc(N2CCCC2)nc1)c1cc(F)c(F)cc1Cl. The molecular weight excluding hydrogens is 336 g/mol. The predicted octanol–water partition coefficient (Wildman–Crippen LogP) is 3.54. The number of hydrogen-bond donors (Lipinski definition) is 1. The normalized spacial score (nSPS) is 14.0. The summed E-state index contributed by atoms with van der Waals surface area (Å²) in [5, 5.41) is 2.50. The van der Waals surface area contributed by atoms with Gasteiger partial charge >= 0.3 is 0 Å². The highest BCUT2D eigenvalue weighted by atomic mass is 35.5. The van der Waals surface area contributed by atoms with Gasteiger partial charge in [-0.05, 0) is 36.6 Å². The zero-order valence-corrected chi connectivity index (χ0v) is 13.6. The number of aromatic nitrogens is 1. The summed E-state index contributed by atoms with van der Waals surface area (Å²) < 4.78 is 26.3. The highest BCUT2D eigenvalue weighted by Gasteiger charge is 2.15. The summed E-state index contributed by atoms with van der Waals surface area (Å²) in [5.74, 6) is -1.84. The first-order valence-electron chi connectivity index (χ1n) is 7.67. The summed E-state index contributed by atoms with van der Waals surface area (Å²) >= 11 is 5.79. The molecule has 7 heteroatoms. The molecule has 2 aromatic rings. The van der Waals surface area contributed by atoms with Crippen molar-refractivity contribution in [3.8, 4) is 0 Å². The minimum atomic E-state index is -1.11. The van der Waals surface area contributed by atoms with Crippen molar-refractivity contribution in [2.24, 2.45) is 0 Å². The highest BCUT2D eigenvalue weighted by molar-refractivity contribution is 6.33. The van der Waals surface area contributed by atoms with Crippen molar-refractivity contribution in [3.05, 3.63) is 58.2 Å². The van der Waals surface area contributed by atoms with Crippen LogP contribution in [0.5, 0.6) is 0 Å². The monoisotopic (exact) mass is 351 g/mol. The molecule has 0 radical (unpaired) electrons. The average Bonchev–Trinajstić information content (AvgIpc) is 3.11. The van der Waals surface area contributed by atoms with Crippen molar-refractivity contribution >= 4 is 23.3 Å². The lowest BCUT2D eigenvalue weighted by molar-refractivity contribution is 0.0950. The summed E-state index contributed by atoms with van der Waals surface area (Å²) in [7, 11) is 0. The van der Waals surface area contributed by atoms with Crippen LogP contribution in [0.4, 0.5) is 14.6 Å². The van der Waals surface area contributed by atoms with Crippen LogP contribution < -0.4 is 10.2 Å². The molecule has 0 saturated carbocycles. The molecule has 1 aromatic heterocycles. The minimum absolute atomic E-state index is 0.0998. The maximum atomic E-state index is 13.2. The maximum Gasteiger partial charge on any atom is 0.253 e. The summed E-state index contributed by atoms with van der Waals surface area (Å²) in [6, 6.07) is 5.38. The van der Waals surface area contributed by atoms with E-state index >= 15 is 0 Å². The number of rotatable bonds is 4. The smallest absolute Gasteiger partial charge is 0.253 e. The molecule has 1 aromatic carbocycles. The molecule has 0 spiro atoms. The fourth-order valence-corrected chi connectivity index (χ4v) is 2.86. The molecule has 0 bridgehead atoms. The lowest BCUT2D eigenvalue weighted by Crippen LogP contribution is -2.24. The Morgan fingerprint density at radius 1 is 1.21 bits per heavy atom. The quantitative estimate of drug-likeness (QED) is 0.857. The Kier molecular flexibility index (Phi) is 4.94. The molecule has 0 unspecified atom stereocenters. The molecule has 1 amide bonds. The van der Waals surface area contributed by atoms with Crippen molar-refractivity contribution in [2.75, 3.05) is 18.0 Å². The zero-order chi connectivity index (χ0) is 17.1. The number of anilines is 1. The van der Waals surface area contributed by atoms with Crippen LogP contribution in [-0.4, -0.2) is 24.0 Å². The third kappa shape index (κ3) is 3.64. The van der Waals surface area contributed by atoms with Crippen LogP contribution >= 0.6 is 11.6 Å². The lowest BCUT2D eigenvalue weighted by Gasteiger charge is -2.16. The lowest BCUT2D eigenvalue weighted by atomic mass is 10.2. The van der Waals surface area contributed by atoms with Gasteiger partial charge in [0.1, 0.15) is 5.82 Å². The van der Waals surface area contributed by atoms with Crippen LogP contribution in [0.15, 0.2) is 30.5 Å². The fourth-order valence-electron chi connectivity index (χ4n) is 2.63. The van der Waals surface area contributed by atoms with E-state index in [-0.39, 0.29) is 17.1 Å². The largest absolute Gasteiger partial charge is 0.357 e.